The summed E-state index contributed by atoms with van der Waals surface area (Å²) in [4.78, 5) is 54.2. The molecule has 3 amide bonds. The summed E-state index contributed by atoms with van der Waals surface area (Å²) in [7, 11) is 0. The summed E-state index contributed by atoms with van der Waals surface area (Å²) < 4.78 is 0. The molecule has 8 N–H and O–H groups in total. The summed E-state index contributed by atoms with van der Waals surface area (Å²) in [5.41, 5.74) is 6.49. The molecule has 0 aliphatic carbocycles. The predicted octanol–water partition coefficient (Wildman–Crippen LogP) is -2.51. The summed E-state index contributed by atoms with van der Waals surface area (Å²) >= 11 is 0. The lowest BCUT2D eigenvalue weighted by molar-refractivity contribution is -0.142. The van der Waals surface area contributed by atoms with Crippen LogP contribution >= 0.6 is 0 Å². The van der Waals surface area contributed by atoms with E-state index in [0.29, 0.717) is 12.1 Å². The number of imidazole rings is 1. The highest BCUT2D eigenvalue weighted by Gasteiger charge is 2.27. The Kier molecular flexibility index (Phi) is 9.75. The van der Waals surface area contributed by atoms with Crippen LogP contribution in [0, 0.1) is 5.92 Å². The average molecular weight is 412 g/mol. The molecule has 0 spiro atoms. The number of nitrogens with one attached hydrogen (secondary N) is 4. The van der Waals surface area contributed by atoms with E-state index >= 15 is 0 Å². The first-order valence-electron chi connectivity index (χ1n) is 9.13. The topological polar surface area (TPSA) is 200 Å². The van der Waals surface area contributed by atoms with Crippen LogP contribution in [0.4, 0.5) is 0 Å². The first-order chi connectivity index (χ1) is 13.7. The summed E-state index contributed by atoms with van der Waals surface area (Å²) in [6.45, 7) is 2.39. The van der Waals surface area contributed by atoms with Crippen molar-refractivity contribution in [2.24, 2.45) is 11.7 Å². The molecule has 12 nitrogen and oxygen atoms in total. The van der Waals surface area contributed by atoms with Crippen molar-refractivity contribution in [1.82, 2.24) is 25.9 Å². The van der Waals surface area contributed by atoms with Gasteiger partial charge in [0, 0.05) is 18.3 Å². The van der Waals surface area contributed by atoms with Crippen LogP contribution in [-0.2, 0) is 25.6 Å². The minimum Gasteiger partial charge on any atom is -0.480 e. The third-order valence-electron chi connectivity index (χ3n) is 4.41. The second-order valence-corrected chi connectivity index (χ2v) is 6.61. The highest BCUT2D eigenvalue weighted by atomic mass is 16.4. The van der Waals surface area contributed by atoms with Gasteiger partial charge in [-0.3, -0.25) is 14.4 Å². The second-order valence-electron chi connectivity index (χ2n) is 6.61. The largest absolute Gasteiger partial charge is 0.480 e. The number of hydrogen-bond acceptors (Lipinski definition) is 7. The molecule has 4 unspecified atom stereocenters. The molecule has 0 aliphatic rings. The van der Waals surface area contributed by atoms with E-state index in [2.05, 4.69) is 25.9 Å². The van der Waals surface area contributed by atoms with Crippen molar-refractivity contribution < 1.29 is 29.4 Å². The molecule has 4 atom stereocenters. The number of nitrogens with zero attached hydrogens (tertiary/aromatic N) is 1. The van der Waals surface area contributed by atoms with Gasteiger partial charge in [-0.1, -0.05) is 20.3 Å². The number of carbonyl (C=O) groups is 4. The molecule has 1 aromatic rings. The van der Waals surface area contributed by atoms with Crippen LogP contribution in [0.5, 0.6) is 0 Å². The maximum Gasteiger partial charge on any atom is 0.328 e. The number of amides is 3. The Bertz CT molecular complexity index is 695. The number of carboxylic acids is 1. The Morgan fingerprint density at radius 2 is 1.90 bits per heavy atom. The summed E-state index contributed by atoms with van der Waals surface area (Å²) in [6, 6.07) is -3.31. The Morgan fingerprint density at radius 1 is 1.21 bits per heavy atom. The fourth-order valence-electron chi connectivity index (χ4n) is 2.33. The van der Waals surface area contributed by atoms with Crippen LogP contribution in [0.1, 0.15) is 26.0 Å². The standard InChI is InChI=1S/C17H28N6O6/c1-3-9(2)14(18)16(27)23-11(4-10-5-19-8-21-10)15(26)20-6-13(25)22-12(7-24)17(28)29/h5,8-9,11-12,14,24H,3-4,6-7,18H2,1-2H3,(H,19,21)(H,20,26)(H,22,25)(H,23,27)(H,28,29). The molecule has 0 bridgehead atoms. The lowest BCUT2D eigenvalue weighted by Gasteiger charge is -2.23. The van der Waals surface area contributed by atoms with E-state index in [4.69, 9.17) is 15.9 Å². The molecule has 0 aliphatic heterocycles. The second kappa shape index (κ2) is 11.8. The van der Waals surface area contributed by atoms with E-state index in [9.17, 15) is 19.2 Å². The molecule has 12 heteroatoms. The number of rotatable bonds is 12. The van der Waals surface area contributed by atoms with Crippen LogP contribution in [-0.4, -0.2) is 75.1 Å². The summed E-state index contributed by atoms with van der Waals surface area (Å²) in [5, 5.41) is 24.7. The minimum absolute atomic E-state index is 0.0841. The normalized spacial score (nSPS) is 14.9. The Balaban J connectivity index is 2.74. The zero-order valence-electron chi connectivity index (χ0n) is 16.3. The van der Waals surface area contributed by atoms with Crippen molar-refractivity contribution in [3.8, 4) is 0 Å². The Hall–Kier alpha value is -2.99. The number of aromatic nitrogens is 2. The van der Waals surface area contributed by atoms with Gasteiger partial charge in [-0.2, -0.15) is 0 Å². The van der Waals surface area contributed by atoms with Crippen molar-refractivity contribution in [2.75, 3.05) is 13.2 Å². The first-order valence-corrected chi connectivity index (χ1v) is 9.13. The summed E-state index contributed by atoms with van der Waals surface area (Å²) in [5.74, 6) is -3.47. The number of nitrogens with two attached hydrogens (primary N) is 1. The number of aliphatic carboxylic acids is 1. The van der Waals surface area contributed by atoms with Crippen molar-refractivity contribution in [2.45, 2.75) is 44.8 Å². The van der Waals surface area contributed by atoms with Gasteiger partial charge in [0.2, 0.25) is 17.7 Å². The van der Waals surface area contributed by atoms with Gasteiger partial charge in [0.15, 0.2) is 0 Å². The highest BCUT2D eigenvalue weighted by molar-refractivity contribution is 5.92. The fraction of sp³-hybridized carbons (Fsp3) is 0.588. The van der Waals surface area contributed by atoms with Gasteiger partial charge in [-0.15, -0.1) is 0 Å². The number of carboxylic acid groups (broad SMARTS) is 1. The molecule has 1 rings (SSSR count). The van der Waals surface area contributed by atoms with Gasteiger partial charge in [0.1, 0.15) is 12.1 Å². The number of aliphatic hydroxyl groups excluding tert-OH is 1. The maximum atomic E-state index is 12.5. The molecule has 0 saturated carbocycles. The number of hydrogen-bond donors (Lipinski definition) is 7. The minimum atomic E-state index is -1.48. The third kappa shape index (κ3) is 7.87. The van der Waals surface area contributed by atoms with Gasteiger partial charge in [0.05, 0.1) is 25.5 Å². The van der Waals surface area contributed by atoms with Crippen LogP contribution in [0.15, 0.2) is 12.5 Å². The van der Waals surface area contributed by atoms with Crippen molar-refractivity contribution in [1.29, 1.82) is 0 Å². The SMILES string of the molecule is CCC(C)C(N)C(=O)NC(Cc1cnc[nH]1)C(=O)NCC(=O)NC(CO)C(=O)O. The van der Waals surface area contributed by atoms with Crippen molar-refractivity contribution >= 4 is 23.7 Å². The van der Waals surface area contributed by atoms with Gasteiger partial charge in [-0.25, -0.2) is 9.78 Å². The monoisotopic (exact) mass is 412 g/mol. The van der Waals surface area contributed by atoms with E-state index in [1.54, 1.807) is 0 Å². The van der Waals surface area contributed by atoms with Crippen LogP contribution in [0.25, 0.3) is 0 Å². The van der Waals surface area contributed by atoms with Gasteiger partial charge in [-0.05, 0) is 5.92 Å². The van der Waals surface area contributed by atoms with E-state index in [1.165, 1.54) is 12.5 Å². The number of carbonyl (C=O) groups excluding carboxylic acids is 3. The molecule has 0 saturated heterocycles. The van der Waals surface area contributed by atoms with Gasteiger partial charge < -0.3 is 36.9 Å². The fourth-order valence-corrected chi connectivity index (χ4v) is 2.33. The molecule has 0 radical (unpaired) electrons. The van der Waals surface area contributed by atoms with E-state index in [0.717, 1.165) is 0 Å². The third-order valence-corrected chi connectivity index (χ3v) is 4.41. The van der Waals surface area contributed by atoms with E-state index < -0.39 is 55.0 Å². The maximum absolute atomic E-state index is 12.5. The average Bonchev–Trinajstić information content (AvgIpc) is 3.21. The zero-order valence-corrected chi connectivity index (χ0v) is 16.3. The molecular formula is C17H28N6O6. The van der Waals surface area contributed by atoms with Gasteiger partial charge >= 0.3 is 5.97 Å². The molecule has 1 heterocycles. The van der Waals surface area contributed by atoms with Crippen LogP contribution < -0.4 is 21.7 Å². The quantitative estimate of drug-likeness (QED) is 0.195. The van der Waals surface area contributed by atoms with E-state index in [1.807, 2.05) is 13.8 Å². The summed E-state index contributed by atoms with van der Waals surface area (Å²) in [6.07, 6.45) is 3.68. The number of aromatic amines is 1. The lowest BCUT2D eigenvalue weighted by Crippen LogP contribution is -2.55. The highest BCUT2D eigenvalue weighted by Crippen LogP contribution is 2.06. The first kappa shape index (κ1) is 24.0. The zero-order chi connectivity index (χ0) is 22.0. The predicted molar refractivity (Wildman–Crippen MR) is 101 cm³/mol. The Labute approximate surface area is 167 Å². The van der Waals surface area contributed by atoms with Crippen molar-refractivity contribution in [3.63, 3.8) is 0 Å². The molecule has 162 valence electrons. The molecule has 0 fully saturated rings. The molecule has 29 heavy (non-hydrogen) atoms. The molecular weight excluding hydrogens is 384 g/mol. The van der Waals surface area contributed by atoms with Crippen LogP contribution in [0.3, 0.4) is 0 Å². The van der Waals surface area contributed by atoms with Gasteiger partial charge in [0.25, 0.3) is 0 Å². The molecule has 1 aromatic heterocycles. The van der Waals surface area contributed by atoms with Crippen LogP contribution in [0.2, 0.25) is 0 Å². The molecule has 0 aromatic carbocycles. The number of H-pyrrole nitrogens is 1. The van der Waals surface area contributed by atoms with Crippen molar-refractivity contribution in [3.05, 3.63) is 18.2 Å². The smallest absolute Gasteiger partial charge is 0.328 e. The van der Waals surface area contributed by atoms with E-state index in [-0.39, 0.29) is 12.3 Å². The lowest BCUT2D eigenvalue weighted by atomic mass is 9.99. The Morgan fingerprint density at radius 3 is 2.41 bits per heavy atom. The number of aliphatic hydroxyl groups is 1.